The van der Waals surface area contributed by atoms with Gasteiger partial charge < -0.3 is 9.64 Å². The Balaban J connectivity index is 2.66. The molecule has 2 unspecified atom stereocenters. The lowest BCUT2D eigenvalue weighted by Gasteiger charge is -2.43. The molecule has 2 atom stereocenters. The third-order valence-electron chi connectivity index (χ3n) is 3.97. The minimum Gasteiger partial charge on any atom is -0.367 e. The third kappa shape index (κ3) is 4.96. The predicted octanol–water partition coefficient (Wildman–Crippen LogP) is 3.30. The summed E-state index contributed by atoms with van der Waals surface area (Å²) in [6.45, 7) is 14.0. The van der Waals surface area contributed by atoms with Crippen LogP contribution in [0.4, 0.5) is 0 Å². The quantitative estimate of drug-likeness (QED) is 0.746. The minimum absolute atomic E-state index is 0.0562. The van der Waals surface area contributed by atoms with Crippen molar-refractivity contribution in [3.63, 3.8) is 0 Å². The van der Waals surface area contributed by atoms with Crippen molar-refractivity contribution in [3.05, 3.63) is 0 Å². The topological polar surface area (TPSA) is 29.5 Å². The van der Waals surface area contributed by atoms with Crippen molar-refractivity contribution >= 4 is 17.5 Å². The van der Waals surface area contributed by atoms with Gasteiger partial charge in [-0.2, -0.15) is 0 Å². The van der Waals surface area contributed by atoms with Gasteiger partial charge in [-0.1, -0.05) is 27.7 Å². The van der Waals surface area contributed by atoms with Crippen molar-refractivity contribution in [1.29, 1.82) is 0 Å². The number of nitrogens with zero attached hydrogens (tertiary/aromatic N) is 1. The molecule has 4 heteroatoms. The molecule has 0 radical (unpaired) electrons. The number of carbonyl (C=O) groups is 1. The van der Waals surface area contributed by atoms with Gasteiger partial charge in [0.05, 0.1) is 17.6 Å². The summed E-state index contributed by atoms with van der Waals surface area (Å²) < 4.78 is 5.85. The van der Waals surface area contributed by atoms with Gasteiger partial charge in [-0.05, 0) is 25.2 Å². The van der Waals surface area contributed by atoms with Gasteiger partial charge in [0.25, 0.3) is 0 Å². The zero-order chi connectivity index (χ0) is 14.8. The molecule has 112 valence electrons. The number of hydrogen-bond donors (Lipinski definition) is 0. The van der Waals surface area contributed by atoms with Crippen molar-refractivity contribution in [1.82, 2.24) is 4.90 Å². The molecule has 1 rings (SSSR count). The number of halogens is 1. The second kappa shape index (κ2) is 6.01. The smallest absolute Gasteiger partial charge is 0.223 e. The first kappa shape index (κ1) is 16.8. The van der Waals surface area contributed by atoms with Crippen LogP contribution in [0.1, 0.15) is 48.0 Å². The van der Waals surface area contributed by atoms with Crippen LogP contribution in [0, 0.1) is 11.3 Å². The third-order valence-corrected chi connectivity index (χ3v) is 4.31. The Bertz CT molecular complexity index is 323. The summed E-state index contributed by atoms with van der Waals surface area (Å²) in [5, 5.41) is 0. The molecule has 1 aliphatic rings. The van der Waals surface area contributed by atoms with Crippen LogP contribution in [-0.4, -0.2) is 41.5 Å². The summed E-state index contributed by atoms with van der Waals surface area (Å²) in [6, 6.07) is 0. The molecule has 0 aromatic carbocycles. The molecule has 0 aromatic heterocycles. The van der Waals surface area contributed by atoms with Gasteiger partial charge in [0.2, 0.25) is 5.91 Å². The lowest BCUT2D eigenvalue weighted by molar-refractivity contribution is -0.158. The zero-order valence-corrected chi connectivity index (χ0v) is 13.9. The first-order valence-electron chi connectivity index (χ1n) is 7.07. The van der Waals surface area contributed by atoms with E-state index in [2.05, 4.69) is 27.7 Å². The molecule has 0 N–H and O–H groups in total. The molecular formula is C15H28ClNO2. The normalized spacial score (nSPS) is 25.2. The number of hydrogen-bond acceptors (Lipinski definition) is 2. The maximum absolute atomic E-state index is 12.4. The van der Waals surface area contributed by atoms with Crippen LogP contribution in [0.25, 0.3) is 0 Å². The summed E-state index contributed by atoms with van der Waals surface area (Å²) in [4.78, 5) is 14.3. The van der Waals surface area contributed by atoms with E-state index in [0.29, 0.717) is 31.3 Å². The Morgan fingerprint density at radius 1 is 1.47 bits per heavy atom. The molecule has 3 nitrogen and oxygen atoms in total. The van der Waals surface area contributed by atoms with Crippen LogP contribution in [0.5, 0.6) is 0 Å². The Kier molecular flexibility index (Phi) is 5.30. The van der Waals surface area contributed by atoms with Gasteiger partial charge in [0.1, 0.15) is 0 Å². The zero-order valence-electron chi connectivity index (χ0n) is 13.1. The Labute approximate surface area is 122 Å². The number of rotatable bonds is 3. The van der Waals surface area contributed by atoms with Crippen LogP contribution < -0.4 is 0 Å². The fraction of sp³-hybridized carbons (Fsp3) is 0.933. The fourth-order valence-electron chi connectivity index (χ4n) is 2.26. The summed E-state index contributed by atoms with van der Waals surface area (Å²) >= 11 is 5.89. The highest BCUT2D eigenvalue weighted by molar-refractivity contribution is 6.18. The van der Waals surface area contributed by atoms with E-state index < -0.39 is 0 Å². The minimum atomic E-state index is -0.307. The van der Waals surface area contributed by atoms with Gasteiger partial charge in [-0.15, -0.1) is 11.6 Å². The first-order chi connectivity index (χ1) is 8.55. The lowest BCUT2D eigenvalue weighted by Crippen LogP contribution is -2.55. The van der Waals surface area contributed by atoms with Crippen LogP contribution in [-0.2, 0) is 9.53 Å². The Morgan fingerprint density at radius 2 is 2.05 bits per heavy atom. The SMILES string of the molecule is CC(CC(=O)N1CC(CCl)OC(C)(C)C1)C(C)(C)C. The summed E-state index contributed by atoms with van der Waals surface area (Å²) in [7, 11) is 0. The average molecular weight is 290 g/mol. The number of morpholine rings is 1. The largest absolute Gasteiger partial charge is 0.367 e. The lowest BCUT2D eigenvalue weighted by atomic mass is 9.80. The predicted molar refractivity (Wildman–Crippen MR) is 79.5 cm³/mol. The van der Waals surface area contributed by atoms with Crippen molar-refractivity contribution in [2.45, 2.75) is 59.7 Å². The maximum Gasteiger partial charge on any atom is 0.223 e. The van der Waals surface area contributed by atoms with Gasteiger partial charge >= 0.3 is 0 Å². The van der Waals surface area contributed by atoms with E-state index in [9.17, 15) is 4.79 Å². The molecule has 1 aliphatic heterocycles. The molecule has 0 bridgehead atoms. The Hall–Kier alpha value is -0.280. The van der Waals surface area contributed by atoms with Crippen LogP contribution in [0.2, 0.25) is 0 Å². The molecule has 0 aromatic rings. The fourth-order valence-corrected chi connectivity index (χ4v) is 2.42. The van der Waals surface area contributed by atoms with Gasteiger partial charge in [-0.25, -0.2) is 0 Å². The number of amides is 1. The highest BCUT2D eigenvalue weighted by Gasteiger charge is 2.36. The summed E-state index contributed by atoms with van der Waals surface area (Å²) in [5.41, 5.74) is -0.151. The maximum atomic E-state index is 12.4. The number of alkyl halides is 1. The Morgan fingerprint density at radius 3 is 2.53 bits per heavy atom. The molecule has 1 heterocycles. The van der Waals surface area contributed by atoms with E-state index in [1.165, 1.54) is 0 Å². The molecular weight excluding hydrogens is 262 g/mol. The van der Waals surface area contributed by atoms with Crippen molar-refractivity contribution in [3.8, 4) is 0 Å². The molecule has 1 saturated heterocycles. The second-order valence-corrected chi connectivity index (χ2v) is 7.71. The van der Waals surface area contributed by atoms with E-state index in [4.69, 9.17) is 16.3 Å². The molecule has 19 heavy (non-hydrogen) atoms. The van der Waals surface area contributed by atoms with E-state index in [0.717, 1.165) is 0 Å². The average Bonchev–Trinajstić information content (AvgIpc) is 2.25. The van der Waals surface area contributed by atoms with Crippen LogP contribution in [0.3, 0.4) is 0 Å². The van der Waals surface area contributed by atoms with E-state index >= 15 is 0 Å². The second-order valence-electron chi connectivity index (χ2n) is 7.40. The standard InChI is InChI=1S/C15H28ClNO2/c1-11(14(2,3)4)7-13(18)17-9-12(8-16)19-15(5,6)10-17/h11-12H,7-10H2,1-6H3. The molecule has 1 amide bonds. The number of carbonyl (C=O) groups excluding carboxylic acids is 1. The molecule has 0 spiro atoms. The summed E-state index contributed by atoms with van der Waals surface area (Å²) in [5.74, 6) is 1.01. The van der Waals surface area contributed by atoms with Crippen LogP contribution >= 0.6 is 11.6 Å². The highest BCUT2D eigenvalue weighted by atomic mass is 35.5. The van der Waals surface area contributed by atoms with Crippen molar-refractivity contribution < 1.29 is 9.53 Å². The van der Waals surface area contributed by atoms with Gasteiger partial charge in [-0.3, -0.25) is 4.79 Å². The monoisotopic (exact) mass is 289 g/mol. The van der Waals surface area contributed by atoms with Gasteiger partial charge in [0, 0.05) is 19.5 Å². The van der Waals surface area contributed by atoms with E-state index in [-0.39, 0.29) is 23.0 Å². The van der Waals surface area contributed by atoms with Crippen LogP contribution in [0.15, 0.2) is 0 Å². The van der Waals surface area contributed by atoms with Gasteiger partial charge in [0.15, 0.2) is 0 Å². The summed E-state index contributed by atoms with van der Waals surface area (Å²) in [6.07, 6.45) is 0.536. The molecule has 1 fully saturated rings. The first-order valence-corrected chi connectivity index (χ1v) is 7.60. The molecule has 0 saturated carbocycles. The molecule has 0 aliphatic carbocycles. The van der Waals surface area contributed by atoms with E-state index in [1.54, 1.807) is 0 Å². The number of ether oxygens (including phenoxy) is 1. The van der Waals surface area contributed by atoms with E-state index in [1.807, 2.05) is 18.7 Å². The van der Waals surface area contributed by atoms with Crippen molar-refractivity contribution in [2.75, 3.05) is 19.0 Å². The van der Waals surface area contributed by atoms with Crippen molar-refractivity contribution in [2.24, 2.45) is 11.3 Å². The highest BCUT2D eigenvalue weighted by Crippen LogP contribution is 2.30.